The fraction of sp³-hybridized carbons (Fsp3) is 0.412. The molecule has 1 N–H and O–H groups in total. The van der Waals surface area contributed by atoms with Crippen LogP contribution in [0.15, 0.2) is 22.6 Å². The Balaban J connectivity index is 1.98. The van der Waals surface area contributed by atoms with Crippen LogP contribution in [0.1, 0.15) is 35.9 Å². The fourth-order valence-electron chi connectivity index (χ4n) is 3.30. The molecule has 2 aromatic rings. The van der Waals surface area contributed by atoms with Crippen LogP contribution < -0.4 is 0 Å². The summed E-state index contributed by atoms with van der Waals surface area (Å²) < 4.78 is 5.72. The number of aryl methyl sites for hydroxylation is 1. The van der Waals surface area contributed by atoms with Crippen molar-refractivity contribution in [1.82, 2.24) is 4.90 Å². The van der Waals surface area contributed by atoms with Gasteiger partial charge in [0, 0.05) is 23.5 Å². The number of rotatable bonds is 2. The molecule has 0 spiro atoms. The number of carbonyl (C=O) groups excluding carboxylic acids is 1. The molecule has 2 atom stereocenters. The molecule has 2 heterocycles. The number of furan rings is 1. The summed E-state index contributed by atoms with van der Waals surface area (Å²) in [7, 11) is 0. The second-order valence-corrected chi connectivity index (χ2v) is 6.41. The van der Waals surface area contributed by atoms with Crippen LogP contribution in [0.25, 0.3) is 11.0 Å². The number of para-hydroxylation sites is 1. The van der Waals surface area contributed by atoms with E-state index in [0.29, 0.717) is 30.0 Å². The van der Waals surface area contributed by atoms with Crippen molar-refractivity contribution in [1.29, 1.82) is 0 Å². The molecule has 0 aliphatic carbocycles. The molecule has 1 aromatic heterocycles. The highest BCUT2D eigenvalue weighted by molar-refractivity contribution is 6.35. The van der Waals surface area contributed by atoms with Gasteiger partial charge in [0.25, 0.3) is 5.91 Å². The second-order valence-electron chi connectivity index (χ2n) is 6.00. The number of likely N-dealkylation sites (tertiary alicyclic amines) is 1. The topological polar surface area (TPSA) is 70.8 Å². The van der Waals surface area contributed by atoms with E-state index in [4.69, 9.17) is 16.0 Å². The first kappa shape index (κ1) is 15.9. The SMILES string of the molecule is Cc1c(C(=O)N2CCC[C@@H](C(=O)O)[C@H]2C)oc2c(Cl)cccc12. The maximum absolute atomic E-state index is 12.9. The Labute approximate surface area is 138 Å². The molecule has 1 fully saturated rings. The van der Waals surface area contributed by atoms with Gasteiger partial charge in [-0.05, 0) is 32.8 Å². The number of halogens is 1. The zero-order valence-electron chi connectivity index (χ0n) is 13.0. The van der Waals surface area contributed by atoms with E-state index in [1.54, 1.807) is 17.9 Å². The van der Waals surface area contributed by atoms with Gasteiger partial charge in [0.1, 0.15) is 0 Å². The number of nitrogens with zero attached hydrogens (tertiary/aromatic N) is 1. The third-order valence-electron chi connectivity index (χ3n) is 4.68. The molecular formula is C17H18ClNO4. The van der Waals surface area contributed by atoms with Crippen molar-refractivity contribution in [2.24, 2.45) is 5.92 Å². The highest BCUT2D eigenvalue weighted by atomic mass is 35.5. The van der Waals surface area contributed by atoms with Gasteiger partial charge in [0.15, 0.2) is 11.3 Å². The van der Waals surface area contributed by atoms with Crippen LogP contribution in [-0.4, -0.2) is 34.5 Å². The molecule has 1 amide bonds. The summed E-state index contributed by atoms with van der Waals surface area (Å²) in [5.41, 5.74) is 1.23. The van der Waals surface area contributed by atoms with Crippen LogP contribution in [-0.2, 0) is 4.79 Å². The third-order valence-corrected chi connectivity index (χ3v) is 4.97. The molecule has 1 aliphatic rings. The van der Waals surface area contributed by atoms with Crippen molar-refractivity contribution in [3.05, 3.63) is 34.5 Å². The van der Waals surface area contributed by atoms with E-state index < -0.39 is 11.9 Å². The van der Waals surface area contributed by atoms with Gasteiger partial charge in [-0.1, -0.05) is 23.7 Å². The number of amides is 1. The Morgan fingerprint density at radius 3 is 2.78 bits per heavy atom. The fourth-order valence-corrected chi connectivity index (χ4v) is 3.52. The van der Waals surface area contributed by atoms with Crippen LogP contribution in [0.5, 0.6) is 0 Å². The number of carbonyl (C=O) groups is 2. The van der Waals surface area contributed by atoms with E-state index in [1.165, 1.54) is 0 Å². The first-order chi connectivity index (χ1) is 10.9. The number of carboxylic acids is 1. The van der Waals surface area contributed by atoms with Gasteiger partial charge in [0.2, 0.25) is 0 Å². The zero-order chi connectivity index (χ0) is 16.7. The summed E-state index contributed by atoms with van der Waals surface area (Å²) in [5.74, 6) is -1.43. The summed E-state index contributed by atoms with van der Waals surface area (Å²) in [6.07, 6.45) is 1.26. The molecule has 1 saturated heterocycles. The van der Waals surface area contributed by atoms with E-state index in [2.05, 4.69) is 0 Å². The lowest BCUT2D eigenvalue weighted by molar-refractivity contribution is -0.145. The van der Waals surface area contributed by atoms with Gasteiger partial charge in [0.05, 0.1) is 10.9 Å². The van der Waals surface area contributed by atoms with Crippen molar-refractivity contribution >= 4 is 34.4 Å². The molecular weight excluding hydrogens is 318 g/mol. The standard InChI is InChI=1S/C17H18ClNO4/c1-9-11-5-3-7-13(18)15(11)23-14(9)16(20)19-8-4-6-12(10(19)2)17(21)22/h3,5,7,10,12H,4,6,8H2,1-2H3,(H,21,22)/t10-,12-/m1/s1. The average molecular weight is 336 g/mol. The van der Waals surface area contributed by atoms with Crippen molar-refractivity contribution < 1.29 is 19.1 Å². The van der Waals surface area contributed by atoms with Gasteiger partial charge in [-0.3, -0.25) is 9.59 Å². The number of hydrogen-bond acceptors (Lipinski definition) is 3. The largest absolute Gasteiger partial charge is 0.481 e. The Bertz CT molecular complexity index is 782. The van der Waals surface area contributed by atoms with Crippen LogP contribution in [0.2, 0.25) is 5.02 Å². The highest BCUT2D eigenvalue weighted by Crippen LogP contribution is 2.33. The Morgan fingerprint density at radius 1 is 1.39 bits per heavy atom. The molecule has 0 bridgehead atoms. The van der Waals surface area contributed by atoms with E-state index >= 15 is 0 Å². The van der Waals surface area contributed by atoms with E-state index in [1.807, 2.05) is 19.1 Å². The predicted molar refractivity (Wildman–Crippen MR) is 86.8 cm³/mol. The molecule has 3 rings (SSSR count). The minimum absolute atomic E-state index is 0.242. The monoisotopic (exact) mass is 335 g/mol. The molecule has 0 radical (unpaired) electrons. The van der Waals surface area contributed by atoms with Crippen LogP contribution in [0.4, 0.5) is 0 Å². The lowest BCUT2D eigenvalue weighted by Crippen LogP contribution is -2.49. The molecule has 0 saturated carbocycles. The normalized spacial score (nSPS) is 21.6. The van der Waals surface area contributed by atoms with E-state index in [0.717, 1.165) is 10.9 Å². The summed E-state index contributed by atoms with van der Waals surface area (Å²) >= 11 is 6.13. The van der Waals surface area contributed by atoms with Crippen LogP contribution in [0, 0.1) is 12.8 Å². The molecule has 122 valence electrons. The summed E-state index contributed by atoms with van der Waals surface area (Å²) in [4.78, 5) is 25.8. The zero-order valence-corrected chi connectivity index (χ0v) is 13.8. The van der Waals surface area contributed by atoms with Crippen molar-refractivity contribution in [2.45, 2.75) is 32.7 Å². The maximum atomic E-state index is 12.9. The van der Waals surface area contributed by atoms with Gasteiger partial charge >= 0.3 is 5.97 Å². The minimum atomic E-state index is -0.862. The van der Waals surface area contributed by atoms with Gasteiger partial charge in [-0.15, -0.1) is 0 Å². The number of fused-ring (bicyclic) bond motifs is 1. The van der Waals surface area contributed by atoms with Crippen LogP contribution in [0.3, 0.4) is 0 Å². The number of piperidine rings is 1. The summed E-state index contributed by atoms with van der Waals surface area (Å²) in [6.45, 7) is 4.13. The molecule has 0 unspecified atom stereocenters. The Hall–Kier alpha value is -2.01. The average Bonchev–Trinajstić information content (AvgIpc) is 2.85. The maximum Gasteiger partial charge on any atom is 0.308 e. The number of hydrogen-bond donors (Lipinski definition) is 1. The van der Waals surface area contributed by atoms with E-state index in [-0.39, 0.29) is 17.7 Å². The first-order valence-corrected chi connectivity index (χ1v) is 8.01. The second kappa shape index (κ2) is 5.89. The van der Waals surface area contributed by atoms with Crippen LogP contribution >= 0.6 is 11.6 Å². The lowest BCUT2D eigenvalue weighted by atomic mass is 9.90. The quantitative estimate of drug-likeness (QED) is 0.908. The molecule has 1 aliphatic heterocycles. The smallest absolute Gasteiger partial charge is 0.308 e. The lowest BCUT2D eigenvalue weighted by Gasteiger charge is -2.37. The van der Waals surface area contributed by atoms with Gasteiger partial charge in [-0.2, -0.15) is 0 Å². The number of aliphatic carboxylic acids is 1. The minimum Gasteiger partial charge on any atom is -0.481 e. The summed E-state index contributed by atoms with van der Waals surface area (Å²) in [5, 5.41) is 10.6. The van der Waals surface area contributed by atoms with Crippen molar-refractivity contribution in [3.8, 4) is 0 Å². The van der Waals surface area contributed by atoms with Crippen molar-refractivity contribution in [2.75, 3.05) is 6.54 Å². The van der Waals surface area contributed by atoms with Crippen molar-refractivity contribution in [3.63, 3.8) is 0 Å². The molecule has 5 nitrogen and oxygen atoms in total. The molecule has 1 aromatic carbocycles. The van der Waals surface area contributed by atoms with Gasteiger partial charge < -0.3 is 14.4 Å². The van der Waals surface area contributed by atoms with Gasteiger partial charge in [-0.25, -0.2) is 0 Å². The summed E-state index contributed by atoms with van der Waals surface area (Å²) in [6, 6.07) is 5.02. The Kier molecular flexibility index (Phi) is 4.06. The predicted octanol–water partition coefficient (Wildman–Crippen LogP) is 3.72. The first-order valence-electron chi connectivity index (χ1n) is 7.63. The Morgan fingerprint density at radius 2 is 2.13 bits per heavy atom. The third kappa shape index (κ3) is 2.59. The number of carboxylic acid groups (broad SMARTS) is 1. The molecule has 6 heteroatoms. The van der Waals surface area contributed by atoms with E-state index in [9.17, 15) is 14.7 Å². The molecule has 23 heavy (non-hydrogen) atoms. The number of benzene rings is 1. The highest BCUT2D eigenvalue weighted by Gasteiger charge is 2.37.